The Balaban J connectivity index is 1.65. The lowest BCUT2D eigenvalue weighted by Crippen LogP contribution is -2.39. The fourth-order valence-electron chi connectivity index (χ4n) is 2.26. The number of aromatic amines is 1. The molecule has 1 amide bonds. The van der Waals surface area contributed by atoms with Crippen molar-refractivity contribution >= 4 is 39.7 Å². The van der Waals surface area contributed by atoms with E-state index in [4.69, 9.17) is 11.6 Å². The summed E-state index contributed by atoms with van der Waals surface area (Å²) in [4.78, 5) is 18.3. The normalized spacial score (nSPS) is 11.8. The average Bonchev–Trinajstić information content (AvgIpc) is 3.17. The van der Waals surface area contributed by atoms with Crippen LogP contribution < -0.4 is 5.32 Å². The summed E-state index contributed by atoms with van der Waals surface area (Å²) < 4.78 is 27.7. The second-order valence-electron chi connectivity index (χ2n) is 4.96. The van der Waals surface area contributed by atoms with Crippen LogP contribution in [-0.4, -0.2) is 22.4 Å². The standard InChI is InChI=1S/C15H12ClF2N3OS/c16-10-1-2-12-11(5-10)9(6-20-12)3-4-19-14(22)15(17,18)13-7-23-8-21-13/h1-2,5-8,20H,3-4H2,(H,19,22). The summed E-state index contributed by atoms with van der Waals surface area (Å²) in [5.74, 6) is -4.97. The lowest BCUT2D eigenvalue weighted by Gasteiger charge is -2.13. The Bertz CT molecular complexity index is 832. The molecule has 0 unspecified atom stereocenters. The lowest BCUT2D eigenvalue weighted by molar-refractivity contribution is -0.147. The third kappa shape index (κ3) is 3.20. The fourth-order valence-corrected chi connectivity index (χ4v) is 3.01. The van der Waals surface area contributed by atoms with Gasteiger partial charge in [0.15, 0.2) is 0 Å². The molecule has 8 heteroatoms. The minimum atomic E-state index is -3.62. The van der Waals surface area contributed by atoms with Crippen LogP contribution in [0.1, 0.15) is 11.3 Å². The van der Waals surface area contributed by atoms with E-state index in [0.717, 1.165) is 27.8 Å². The number of H-pyrrole nitrogens is 1. The van der Waals surface area contributed by atoms with E-state index in [-0.39, 0.29) is 6.54 Å². The fraction of sp³-hybridized carbons (Fsp3) is 0.200. The predicted octanol–water partition coefficient (Wildman–Crippen LogP) is 3.73. The molecule has 2 N–H and O–H groups in total. The zero-order chi connectivity index (χ0) is 16.4. The van der Waals surface area contributed by atoms with E-state index < -0.39 is 17.5 Å². The van der Waals surface area contributed by atoms with Crippen LogP contribution in [0.3, 0.4) is 0 Å². The highest BCUT2D eigenvalue weighted by molar-refractivity contribution is 7.07. The predicted molar refractivity (Wildman–Crippen MR) is 86.0 cm³/mol. The maximum absolute atomic E-state index is 13.9. The highest BCUT2D eigenvalue weighted by Crippen LogP contribution is 2.28. The van der Waals surface area contributed by atoms with Crippen LogP contribution in [0.4, 0.5) is 8.78 Å². The molecule has 4 nitrogen and oxygen atoms in total. The van der Waals surface area contributed by atoms with Crippen molar-refractivity contribution in [2.45, 2.75) is 12.3 Å². The first kappa shape index (κ1) is 15.9. The number of rotatable bonds is 5. The van der Waals surface area contributed by atoms with Crippen molar-refractivity contribution in [2.75, 3.05) is 6.54 Å². The largest absolute Gasteiger partial charge is 0.366 e. The number of aromatic nitrogens is 2. The third-order valence-electron chi connectivity index (χ3n) is 3.45. The quantitative estimate of drug-likeness (QED) is 0.732. The zero-order valence-electron chi connectivity index (χ0n) is 11.8. The van der Waals surface area contributed by atoms with Crippen molar-refractivity contribution in [2.24, 2.45) is 0 Å². The molecule has 0 spiro atoms. The van der Waals surface area contributed by atoms with Gasteiger partial charge in [-0.25, -0.2) is 4.98 Å². The van der Waals surface area contributed by atoms with Crippen molar-refractivity contribution in [1.29, 1.82) is 0 Å². The molecule has 2 aromatic heterocycles. The Hall–Kier alpha value is -1.99. The Morgan fingerprint density at radius 3 is 3.00 bits per heavy atom. The van der Waals surface area contributed by atoms with E-state index in [1.54, 1.807) is 18.3 Å². The lowest BCUT2D eigenvalue weighted by atomic mass is 10.1. The van der Waals surface area contributed by atoms with E-state index in [0.29, 0.717) is 11.4 Å². The minimum Gasteiger partial charge on any atom is -0.361 e. The summed E-state index contributed by atoms with van der Waals surface area (Å²) >= 11 is 6.98. The Morgan fingerprint density at radius 1 is 1.43 bits per heavy atom. The van der Waals surface area contributed by atoms with Crippen LogP contribution in [0, 0.1) is 0 Å². The van der Waals surface area contributed by atoms with Crippen molar-refractivity contribution in [3.8, 4) is 0 Å². The number of halogens is 3. The minimum absolute atomic E-state index is 0.0953. The molecule has 0 fully saturated rings. The van der Waals surface area contributed by atoms with Gasteiger partial charge in [-0.15, -0.1) is 11.3 Å². The van der Waals surface area contributed by atoms with E-state index in [9.17, 15) is 13.6 Å². The van der Waals surface area contributed by atoms with Crippen molar-refractivity contribution in [3.05, 3.63) is 51.6 Å². The summed E-state index contributed by atoms with van der Waals surface area (Å²) in [6.45, 7) is 0.0953. The molecule has 120 valence electrons. The second kappa shape index (κ2) is 6.25. The van der Waals surface area contributed by atoms with E-state index in [2.05, 4.69) is 15.3 Å². The number of hydrogen-bond acceptors (Lipinski definition) is 3. The number of carbonyl (C=O) groups excluding carboxylic acids is 1. The number of benzene rings is 1. The van der Waals surface area contributed by atoms with Crippen LogP contribution in [0.5, 0.6) is 0 Å². The first-order chi connectivity index (χ1) is 11.0. The number of fused-ring (bicyclic) bond motifs is 1. The van der Waals surface area contributed by atoms with Crippen LogP contribution in [-0.2, 0) is 17.1 Å². The van der Waals surface area contributed by atoms with Gasteiger partial charge in [0.05, 0.1) is 5.51 Å². The van der Waals surface area contributed by atoms with Gasteiger partial charge < -0.3 is 10.3 Å². The van der Waals surface area contributed by atoms with Gasteiger partial charge in [-0.3, -0.25) is 4.79 Å². The van der Waals surface area contributed by atoms with Gasteiger partial charge in [0.25, 0.3) is 5.91 Å². The van der Waals surface area contributed by atoms with Crippen LogP contribution in [0.2, 0.25) is 5.02 Å². The Kier molecular flexibility index (Phi) is 4.32. The Morgan fingerprint density at radius 2 is 2.26 bits per heavy atom. The summed E-state index contributed by atoms with van der Waals surface area (Å²) in [7, 11) is 0. The molecular weight excluding hydrogens is 344 g/mol. The van der Waals surface area contributed by atoms with Gasteiger partial charge in [0, 0.05) is 34.0 Å². The molecule has 2 heterocycles. The summed E-state index contributed by atoms with van der Waals surface area (Å²) in [5, 5.41) is 4.94. The number of alkyl halides is 2. The topological polar surface area (TPSA) is 57.8 Å². The summed E-state index contributed by atoms with van der Waals surface area (Å²) in [5.41, 5.74) is 2.55. The first-order valence-electron chi connectivity index (χ1n) is 6.79. The first-order valence-corrected chi connectivity index (χ1v) is 8.11. The number of carbonyl (C=O) groups is 1. The van der Waals surface area contributed by atoms with Gasteiger partial charge >= 0.3 is 5.92 Å². The number of nitrogens with one attached hydrogen (secondary N) is 2. The molecule has 0 radical (unpaired) electrons. The van der Waals surface area contributed by atoms with Crippen LogP contribution >= 0.6 is 22.9 Å². The molecule has 0 aliphatic rings. The van der Waals surface area contributed by atoms with E-state index in [1.165, 1.54) is 10.9 Å². The van der Waals surface area contributed by atoms with Gasteiger partial charge in [-0.1, -0.05) is 11.6 Å². The molecule has 0 atom stereocenters. The molecule has 0 aliphatic carbocycles. The molecule has 1 aromatic carbocycles. The van der Waals surface area contributed by atoms with Crippen LogP contribution in [0.25, 0.3) is 10.9 Å². The highest BCUT2D eigenvalue weighted by Gasteiger charge is 2.42. The smallest absolute Gasteiger partial charge is 0.361 e. The van der Waals surface area contributed by atoms with Gasteiger partial charge in [-0.05, 0) is 30.2 Å². The molecular formula is C15H12ClF2N3OS. The number of amides is 1. The summed E-state index contributed by atoms with van der Waals surface area (Å²) in [6.07, 6.45) is 2.20. The van der Waals surface area contributed by atoms with Gasteiger partial charge in [-0.2, -0.15) is 8.78 Å². The molecule has 3 rings (SSSR count). The molecule has 23 heavy (non-hydrogen) atoms. The molecule has 0 saturated carbocycles. The highest BCUT2D eigenvalue weighted by atomic mass is 35.5. The Labute approximate surface area is 139 Å². The number of thiazole rings is 1. The van der Waals surface area contributed by atoms with Crippen molar-refractivity contribution in [1.82, 2.24) is 15.3 Å². The summed E-state index contributed by atoms with van der Waals surface area (Å²) in [6, 6.07) is 5.41. The molecule has 0 saturated heterocycles. The van der Waals surface area contributed by atoms with E-state index >= 15 is 0 Å². The second-order valence-corrected chi connectivity index (χ2v) is 6.11. The van der Waals surface area contributed by atoms with Crippen molar-refractivity contribution < 1.29 is 13.6 Å². The van der Waals surface area contributed by atoms with E-state index in [1.807, 2.05) is 6.07 Å². The van der Waals surface area contributed by atoms with Gasteiger partial charge in [0.2, 0.25) is 0 Å². The number of nitrogens with zero attached hydrogens (tertiary/aromatic N) is 1. The molecule has 3 aromatic rings. The number of hydrogen-bond donors (Lipinski definition) is 2. The SMILES string of the molecule is O=C(NCCc1c[nH]c2ccc(Cl)cc12)C(F)(F)c1cscn1. The molecule has 0 bridgehead atoms. The van der Waals surface area contributed by atoms with Crippen LogP contribution in [0.15, 0.2) is 35.3 Å². The average molecular weight is 356 g/mol. The molecule has 0 aliphatic heterocycles. The monoisotopic (exact) mass is 355 g/mol. The third-order valence-corrected chi connectivity index (χ3v) is 4.27. The maximum Gasteiger partial charge on any atom is 0.366 e. The maximum atomic E-state index is 13.9. The van der Waals surface area contributed by atoms with Crippen molar-refractivity contribution in [3.63, 3.8) is 0 Å². The zero-order valence-corrected chi connectivity index (χ0v) is 13.3. The van der Waals surface area contributed by atoms with Gasteiger partial charge in [0.1, 0.15) is 5.69 Å².